The molecule has 1 aromatic rings. The highest BCUT2D eigenvalue weighted by Crippen LogP contribution is 2.32. The Hall–Kier alpha value is -1.50. The molecule has 18 heavy (non-hydrogen) atoms. The number of pyridine rings is 1. The second kappa shape index (κ2) is 4.64. The van der Waals surface area contributed by atoms with Crippen molar-refractivity contribution in [2.75, 3.05) is 23.7 Å². The maximum Gasteiger partial charge on any atom is 0.416 e. The van der Waals surface area contributed by atoms with Crippen molar-refractivity contribution in [3.05, 3.63) is 17.7 Å². The van der Waals surface area contributed by atoms with Crippen LogP contribution in [0.15, 0.2) is 12.1 Å². The SMILES string of the molecule is Nc1cc(C(F)(F)F)cc(N2CCCC(O)C2)n1. The van der Waals surface area contributed by atoms with Crippen molar-refractivity contribution in [1.29, 1.82) is 0 Å². The fourth-order valence-corrected chi connectivity index (χ4v) is 2.03. The Morgan fingerprint density at radius 1 is 1.39 bits per heavy atom. The van der Waals surface area contributed by atoms with Crippen molar-refractivity contribution >= 4 is 11.6 Å². The summed E-state index contributed by atoms with van der Waals surface area (Å²) in [6.07, 6.45) is -3.60. The largest absolute Gasteiger partial charge is 0.416 e. The van der Waals surface area contributed by atoms with Crippen LogP contribution in [0.3, 0.4) is 0 Å². The van der Waals surface area contributed by atoms with Crippen LogP contribution < -0.4 is 10.6 Å². The van der Waals surface area contributed by atoms with Crippen LogP contribution in [-0.2, 0) is 6.18 Å². The summed E-state index contributed by atoms with van der Waals surface area (Å²) in [5.74, 6) is 0.000892. The van der Waals surface area contributed by atoms with Gasteiger partial charge in [-0.15, -0.1) is 0 Å². The smallest absolute Gasteiger partial charge is 0.391 e. The first-order valence-electron chi connectivity index (χ1n) is 5.64. The van der Waals surface area contributed by atoms with E-state index in [1.165, 1.54) is 0 Å². The molecule has 1 atom stereocenters. The zero-order valence-corrected chi connectivity index (χ0v) is 9.61. The number of nitrogen functional groups attached to an aromatic ring is 1. The summed E-state index contributed by atoms with van der Waals surface area (Å²) in [4.78, 5) is 5.52. The van der Waals surface area contributed by atoms with Crippen LogP contribution in [0.4, 0.5) is 24.8 Å². The predicted molar refractivity (Wildman–Crippen MR) is 61.1 cm³/mol. The molecule has 100 valence electrons. The van der Waals surface area contributed by atoms with Crippen molar-refractivity contribution in [1.82, 2.24) is 4.98 Å². The van der Waals surface area contributed by atoms with Crippen LogP contribution in [0.5, 0.6) is 0 Å². The van der Waals surface area contributed by atoms with Gasteiger partial charge in [0.1, 0.15) is 11.6 Å². The number of nitrogens with zero attached hydrogens (tertiary/aromatic N) is 2. The topological polar surface area (TPSA) is 62.4 Å². The molecule has 1 saturated heterocycles. The van der Waals surface area contributed by atoms with Crippen molar-refractivity contribution in [3.8, 4) is 0 Å². The highest BCUT2D eigenvalue weighted by molar-refractivity contribution is 5.49. The normalized spacial score (nSPS) is 21.1. The Kier molecular flexibility index (Phi) is 3.34. The lowest BCUT2D eigenvalue weighted by atomic mass is 10.1. The number of nitrogens with two attached hydrogens (primary N) is 1. The van der Waals surface area contributed by atoms with Gasteiger partial charge in [0.15, 0.2) is 0 Å². The van der Waals surface area contributed by atoms with Gasteiger partial charge in [-0.2, -0.15) is 13.2 Å². The molecule has 1 fully saturated rings. The number of piperidine rings is 1. The molecule has 0 radical (unpaired) electrons. The molecule has 0 amide bonds. The Bertz CT molecular complexity index is 436. The van der Waals surface area contributed by atoms with Crippen molar-refractivity contribution < 1.29 is 18.3 Å². The lowest BCUT2D eigenvalue weighted by Crippen LogP contribution is -2.38. The van der Waals surface area contributed by atoms with Gasteiger partial charge in [0, 0.05) is 13.1 Å². The molecule has 7 heteroatoms. The van der Waals surface area contributed by atoms with E-state index in [9.17, 15) is 18.3 Å². The molecule has 0 bridgehead atoms. The average molecular weight is 261 g/mol. The molecule has 2 heterocycles. The summed E-state index contributed by atoms with van der Waals surface area (Å²) in [5.41, 5.74) is 4.58. The number of anilines is 2. The van der Waals surface area contributed by atoms with Gasteiger partial charge in [0.25, 0.3) is 0 Å². The summed E-state index contributed by atoms with van der Waals surface area (Å²) >= 11 is 0. The van der Waals surface area contributed by atoms with Crippen LogP contribution in [0.1, 0.15) is 18.4 Å². The van der Waals surface area contributed by atoms with Crippen molar-refractivity contribution in [2.24, 2.45) is 0 Å². The van der Waals surface area contributed by atoms with Crippen molar-refractivity contribution in [2.45, 2.75) is 25.1 Å². The number of alkyl halides is 3. The molecular weight excluding hydrogens is 247 g/mol. The minimum absolute atomic E-state index is 0.167. The second-order valence-corrected chi connectivity index (χ2v) is 4.38. The number of hydrogen-bond donors (Lipinski definition) is 2. The van der Waals surface area contributed by atoms with Gasteiger partial charge in [-0.3, -0.25) is 0 Å². The lowest BCUT2D eigenvalue weighted by molar-refractivity contribution is -0.137. The van der Waals surface area contributed by atoms with Gasteiger partial charge in [0.05, 0.1) is 11.7 Å². The molecule has 3 N–H and O–H groups in total. The van der Waals surface area contributed by atoms with Crippen LogP contribution in [-0.4, -0.2) is 29.3 Å². The average Bonchev–Trinajstić information content (AvgIpc) is 2.27. The predicted octanol–water partition coefficient (Wildman–Crippen LogP) is 1.64. The minimum Gasteiger partial charge on any atom is -0.391 e. The van der Waals surface area contributed by atoms with Crippen LogP contribution >= 0.6 is 0 Å². The third-order valence-corrected chi connectivity index (χ3v) is 2.88. The molecular formula is C11H14F3N3O. The summed E-state index contributed by atoms with van der Waals surface area (Å²) in [6.45, 7) is 0.860. The van der Waals surface area contributed by atoms with E-state index in [4.69, 9.17) is 5.73 Å². The van der Waals surface area contributed by atoms with E-state index in [-0.39, 0.29) is 18.2 Å². The van der Waals surface area contributed by atoms with Gasteiger partial charge in [-0.25, -0.2) is 4.98 Å². The lowest BCUT2D eigenvalue weighted by Gasteiger charge is -2.31. The second-order valence-electron chi connectivity index (χ2n) is 4.38. The first-order valence-corrected chi connectivity index (χ1v) is 5.64. The van der Waals surface area contributed by atoms with Gasteiger partial charge < -0.3 is 15.7 Å². The first-order chi connectivity index (χ1) is 8.36. The Balaban J connectivity index is 2.30. The highest BCUT2D eigenvalue weighted by atomic mass is 19.4. The third-order valence-electron chi connectivity index (χ3n) is 2.88. The molecule has 0 spiro atoms. The molecule has 1 aromatic heterocycles. The molecule has 1 unspecified atom stereocenters. The molecule has 0 aliphatic carbocycles. The standard InChI is InChI=1S/C11H14F3N3O/c12-11(13,14)7-4-9(15)16-10(5-7)17-3-1-2-8(18)6-17/h4-5,8,18H,1-3,6H2,(H2,15,16). The first kappa shape index (κ1) is 12.9. The van der Waals surface area contributed by atoms with E-state index in [1.807, 2.05) is 0 Å². The van der Waals surface area contributed by atoms with Gasteiger partial charge in [0.2, 0.25) is 0 Å². The number of aliphatic hydroxyl groups excluding tert-OH is 1. The van der Waals surface area contributed by atoms with Crippen LogP contribution in [0.25, 0.3) is 0 Å². The monoisotopic (exact) mass is 261 g/mol. The van der Waals surface area contributed by atoms with Crippen LogP contribution in [0.2, 0.25) is 0 Å². The van der Waals surface area contributed by atoms with Crippen molar-refractivity contribution in [3.63, 3.8) is 0 Å². The van der Waals surface area contributed by atoms with Crippen LogP contribution in [0, 0.1) is 0 Å². The quantitative estimate of drug-likeness (QED) is 0.806. The van der Waals surface area contributed by atoms with E-state index < -0.39 is 17.8 Å². The van der Waals surface area contributed by atoms with E-state index >= 15 is 0 Å². The minimum atomic E-state index is -4.44. The zero-order valence-electron chi connectivity index (χ0n) is 9.61. The van der Waals surface area contributed by atoms with Gasteiger partial charge in [-0.05, 0) is 25.0 Å². The number of hydrogen-bond acceptors (Lipinski definition) is 4. The molecule has 1 aliphatic heterocycles. The third kappa shape index (κ3) is 2.84. The zero-order chi connectivity index (χ0) is 13.3. The number of aromatic nitrogens is 1. The molecule has 0 aromatic carbocycles. The Labute approximate surface area is 102 Å². The van der Waals surface area contributed by atoms with E-state index in [1.54, 1.807) is 4.90 Å². The van der Waals surface area contributed by atoms with Gasteiger partial charge in [-0.1, -0.05) is 0 Å². The number of rotatable bonds is 1. The maximum absolute atomic E-state index is 12.6. The summed E-state index contributed by atoms with van der Waals surface area (Å²) in [7, 11) is 0. The summed E-state index contributed by atoms with van der Waals surface area (Å²) in [5, 5.41) is 9.52. The fraction of sp³-hybridized carbons (Fsp3) is 0.545. The number of β-amino-alcohol motifs (C(OH)–C–C–N with tert-alkyl or cyclic N) is 1. The summed E-state index contributed by atoms with van der Waals surface area (Å²) < 4.78 is 37.9. The van der Waals surface area contributed by atoms with Gasteiger partial charge >= 0.3 is 6.18 Å². The number of halogens is 3. The Morgan fingerprint density at radius 2 is 2.11 bits per heavy atom. The molecule has 1 aliphatic rings. The molecule has 0 saturated carbocycles. The number of aliphatic hydroxyl groups is 1. The fourth-order valence-electron chi connectivity index (χ4n) is 2.03. The van der Waals surface area contributed by atoms with E-state index in [2.05, 4.69) is 4.98 Å². The molecule has 4 nitrogen and oxygen atoms in total. The molecule has 2 rings (SSSR count). The maximum atomic E-state index is 12.6. The van der Waals surface area contributed by atoms with E-state index in [0.717, 1.165) is 18.6 Å². The van der Waals surface area contributed by atoms with E-state index in [0.29, 0.717) is 13.0 Å². The Morgan fingerprint density at radius 3 is 2.72 bits per heavy atom. The summed E-state index contributed by atoms with van der Waals surface area (Å²) in [6, 6.07) is 1.78. The highest BCUT2D eigenvalue weighted by Gasteiger charge is 2.32.